The standard InChI is InChI=1S/C14H14Cl3N7O6S2/c1-23-11(20-21-22-23)32-3-6-2-31-10-14(18-5-25,9(28)24(10)7(6)8(26)27)19-12(29)30-13(16,17)4-15/h5,10H,2-4H2,1H3,(H,18,25)(H,19,29)(H,26,27)/t10-,14-/m1/s1. The maximum Gasteiger partial charge on any atom is 0.412 e. The van der Waals surface area contributed by atoms with Crippen LogP contribution in [0, 0.1) is 0 Å². The van der Waals surface area contributed by atoms with Gasteiger partial charge in [0.05, 0.1) is 5.88 Å². The largest absolute Gasteiger partial charge is 0.477 e. The van der Waals surface area contributed by atoms with Crippen molar-refractivity contribution >= 4 is 82.7 Å². The summed E-state index contributed by atoms with van der Waals surface area (Å²) in [7, 11) is 1.63. The second-order valence-electron chi connectivity index (χ2n) is 6.33. The van der Waals surface area contributed by atoms with Gasteiger partial charge >= 0.3 is 12.1 Å². The van der Waals surface area contributed by atoms with E-state index in [1.54, 1.807) is 7.05 Å². The lowest BCUT2D eigenvalue weighted by molar-refractivity contribution is -0.160. The van der Waals surface area contributed by atoms with Crippen LogP contribution in [0.4, 0.5) is 4.79 Å². The fourth-order valence-corrected chi connectivity index (χ4v) is 5.56. The number of hydrogen-bond acceptors (Lipinski definition) is 10. The van der Waals surface area contributed by atoms with Crippen LogP contribution in [0.25, 0.3) is 0 Å². The van der Waals surface area contributed by atoms with Gasteiger partial charge in [0.25, 0.3) is 10.4 Å². The van der Waals surface area contributed by atoms with E-state index in [4.69, 9.17) is 39.5 Å². The number of hydrogen-bond donors (Lipinski definition) is 3. The number of alkyl carbamates (subject to hydrolysis) is 1. The average molecular weight is 547 g/mol. The predicted octanol–water partition coefficient (Wildman–Crippen LogP) is 0.0947. The summed E-state index contributed by atoms with van der Waals surface area (Å²) in [6.45, 7) is 0. The number of carbonyl (C=O) groups is 4. The molecule has 2 atom stereocenters. The summed E-state index contributed by atoms with van der Waals surface area (Å²) in [5, 5.41) is 24.7. The summed E-state index contributed by atoms with van der Waals surface area (Å²) in [6.07, 6.45) is -1.04. The zero-order valence-corrected chi connectivity index (χ0v) is 19.9. The fraction of sp³-hybridized carbons (Fsp3) is 0.500. The van der Waals surface area contributed by atoms with E-state index in [-0.39, 0.29) is 23.6 Å². The van der Waals surface area contributed by atoms with E-state index in [0.29, 0.717) is 10.7 Å². The number of nitrogens with one attached hydrogen (secondary N) is 2. The number of thioether (sulfide) groups is 2. The molecule has 1 fully saturated rings. The molecule has 32 heavy (non-hydrogen) atoms. The highest BCUT2D eigenvalue weighted by molar-refractivity contribution is 8.01. The van der Waals surface area contributed by atoms with Crippen molar-refractivity contribution in [3.8, 4) is 0 Å². The number of aryl methyl sites for hydroxylation is 1. The van der Waals surface area contributed by atoms with Gasteiger partial charge in [0.2, 0.25) is 17.2 Å². The first-order chi connectivity index (χ1) is 15.1. The molecule has 3 N–H and O–H groups in total. The van der Waals surface area contributed by atoms with Crippen molar-refractivity contribution in [3.05, 3.63) is 11.3 Å². The molecule has 18 heteroatoms. The number of tetrazole rings is 1. The third-order valence-electron chi connectivity index (χ3n) is 4.30. The van der Waals surface area contributed by atoms with Crippen molar-refractivity contribution in [2.75, 3.05) is 17.4 Å². The lowest BCUT2D eigenvalue weighted by Crippen LogP contribution is -2.85. The van der Waals surface area contributed by atoms with Crippen molar-refractivity contribution in [1.29, 1.82) is 0 Å². The quantitative estimate of drug-likeness (QED) is 0.126. The number of nitrogens with zero attached hydrogens (tertiary/aromatic N) is 5. The molecule has 0 radical (unpaired) electrons. The van der Waals surface area contributed by atoms with Crippen LogP contribution >= 0.6 is 58.3 Å². The summed E-state index contributed by atoms with van der Waals surface area (Å²) in [4.78, 5) is 49.4. The van der Waals surface area contributed by atoms with Crippen LogP contribution < -0.4 is 10.6 Å². The molecule has 1 saturated heterocycles. The zero-order chi connectivity index (χ0) is 23.7. The third kappa shape index (κ3) is 4.57. The first-order valence-corrected chi connectivity index (χ1v) is 11.8. The molecule has 0 spiro atoms. The van der Waals surface area contributed by atoms with Crippen molar-refractivity contribution in [2.45, 2.75) is 20.7 Å². The van der Waals surface area contributed by atoms with Gasteiger partial charge in [0, 0.05) is 18.6 Å². The number of rotatable bonds is 9. The summed E-state index contributed by atoms with van der Waals surface area (Å²) in [5.41, 5.74) is -1.79. The number of aliphatic carboxylic acids is 1. The Labute approximate surface area is 203 Å². The highest BCUT2D eigenvalue weighted by Gasteiger charge is 2.66. The van der Waals surface area contributed by atoms with Crippen molar-refractivity contribution in [1.82, 2.24) is 35.7 Å². The first kappa shape index (κ1) is 24.7. The topological polar surface area (TPSA) is 169 Å². The smallest absolute Gasteiger partial charge is 0.412 e. The van der Waals surface area contributed by atoms with Crippen LogP contribution in [0.15, 0.2) is 16.4 Å². The predicted molar refractivity (Wildman–Crippen MR) is 114 cm³/mol. The first-order valence-electron chi connectivity index (χ1n) is 8.48. The summed E-state index contributed by atoms with van der Waals surface area (Å²) in [5.74, 6) is -2.33. The Balaban J connectivity index is 1.84. The molecule has 3 amide bonds. The molecule has 1 aromatic rings. The summed E-state index contributed by atoms with van der Waals surface area (Å²) in [6, 6.07) is 0. The van der Waals surface area contributed by atoms with Crippen LogP contribution in [0.3, 0.4) is 0 Å². The normalized spacial score (nSPS) is 22.7. The molecule has 3 rings (SSSR count). The Kier molecular flexibility index (Phi) is 7.34. The van der Waals surface area contributed by atoms with Gasteiger partial charge in [0.15, 0.2) is 0 Å². The van der Waals surface area contributed by atoms with Gasteiger partial charge in [0.1, 0.15) is 11.1 Å². The molecule has 0 aliphatic carbocycles. The lowest BCUT2D eigenvalue weighted by Gasteiger charge is -2.56. The molecular weight excluding hydrogens is 533 g/mol. The van der Waals surface area contributed by atoms with E-state index >= 15 is 0 Å². The Morgan fingerprint density at radius 2 is 2.22 bits per heavy atom. The molecule has 13 nitrogen and oxygen atoms in total. The molecular formula is C14H14Cl3N7O6S2. The number of alkyl halides is 3. The number of carboxylic acids is 1. The van der Waals surface area contributed by atoms with Gasteiger partial charge in [-0.3, -0.25) is 19.8 Å². The van der Waals surface area contributed by atoms with Crippen LogP contribution in [-0.2, 0) is 26.2 Å². The van der Waals surface area contributed by atoms with Gasteiger partial charge in [-0.1, -0.05) is 35.0 Å². The van der Waals surface area contributed by atoms with Gasteiger partial charge < -0.3 is 15.2 Å². The third-order valence-corrected chi connectivity index (χ3v) is 7.86. The maximum atomic E-state index is 13.0. The molecule has 2 aliphatic heterocycles. The Bertz CT molecular complexity index is 992. The van der Waals surface area contributed by atoms with Crippen LogP contribution in [0.5, 0.6) is 0 Å². The fourth-order valence-electron chi connectivity index (χ4n) is 2.95. The number of halogens is 3. The molecule has 174 valence electrons. The van der Waals surface area contributed by atoms with Crippen molar-refractivity contribution < 1.29 is 29.0 Å². The monoisotopic (exact) mass is 545 g/mol. The number of amides is 3. The van der Waals surface area contributed by atoms with Gasteiger partial charge in [-0.05, 0) is 16.0 Å². The van der Waals surface area contributed by atoms with E-state index in [1.807, 2.05) is 0 Å². The number of ether oxygens (including phenoxy) is 1. The molecule has 0 saturated carbocycles. The number of aromatic nitrogens is 4. The summed E-state index contributed by atoms with van der Waals surface area (Å²) >= 11 is 19.2. The SMILES string of the molecule is Cn1nnnc1SCC1=C(C(=O)O)N2C(=O)[C@@](NC=O)(NC(=O)OC(Cl)(Cl)CCl)[C@H]2SC1. The minimum Gasteiger partial charge on any atom is -0.477 e. The maximum absolute atomic E-state index is 13.0. The number of β-lactam (4-membered cyclic amide) rings is 1. The number of carbonyl (C=O) groups excluding carboxylic acids is 3. The minimum absolute atomic E-state index is 0.185. The summed E-state index contributed by atoms with van der Waals surface area (Å²) < 4.78 is 4.08. The number of fused-ring (bicyclic) bond motifs is 1. The van der Waals surface area contributed by atoms with Crippen molar-refractivity contribution in [3.63, 3.8) is 0 Å². The second kappa shape index (κ2) is 9.51. The second-order valence-corrected chi connectivity index (χ2v) is 10.0. The van der Waals surface area contributed by atoms with E-state index in [0.717, 1.165) is 16.7 Å². The molecule has 0 unspecified atom stereocenters. The molecule has 3 heterocycles. The Morgan fingerprint density at radius 1 is 1.50 bits per heavy atom. The Morgan fingerprint density at radius 3 is 2.78 bits per heavy atom. The highest BCUT2D eigenvalue weighted by atomic mass is 35.5. The highest BCUT2D eigenvalue weighted by Crippen LogP contribution is 2.45. The van der Waals surface area contributed by atoms with Crippen molar-refractivity contribution in [2.24, 2.45) is 7.05 Å². The lowest BCUT2D eigenvalue weighted by atomic mass is 9.95. The van der Waals surface area contributed by atoms with E-state index in [2.05, 4.69) is 26.2 Å². The van der Waals surface area contributed by atoms with Crippen LogP contribution in [0.2, 0.25) is 0 Å². The van der Waals surface area contributed by atoms with E-state index < -0.39 is 39.4 Å². The van der Waals surface area contributed by atoms with E-state index in [1.165, 1.54) is 16.4 Å². The molecule has 0 aromatic carbocycles. The van der Waals surface area contributed by atoms with Crippen LogP contribution in [0.1, 0.15) is 0 Å². The molecule has 1 aromatic heterocycles. The Hall–Kier alpha value is -1.94. The van der Waals surface area contributed by atoms with Gasteiger partial charge in [-0.15, -0.1) is 28.5 Å². The molecule has 0 bridgehead atoms. The zero-order valence-electron chi connectivity index (χ0n) is 16.0. The average Bonchev–Trinajstić information content (AvgIpc) is 3.15. The van der Waals surface area contributed by atoms with Gasteiger partial charge in [-0.2, -0.15) is 0 Å². The van der Waals surface area contributed by atoms with Gasteiger partial charge in [-0.25, -0.2) is 14.3 Å². The van der Waals surface area contributed by atoms with E-state index in [9.17, 15) is 24.3 Å². The minimum atomic E-state index is -2.08. The van der Waals surface area contributed by atoms with Crippen LogP contribution in [-0.4, -0.2) is 87.5 Å². The number of carboxylic acid groups (broad SMARTS) is 1. The molecule has 2 aliphatic rings.